The summed E-state index contributed by atoms with van der Waals surface area (Å²) in [5, 5.41) is 3.32. The second-order valence-electron chi connectivity index (χ2n) is 9.18. The fraction of sp³-hybridized carbons (Fsp3) is 0.417. The minimum absolute atomic E-state index is 0.0781. The Balaban J connectivity index is 1.26. The van der Waals surface area contributed by atoms with Crippen LogP contribution >= 0.6 is 11.3 Å². The average Bonchev–Trinajstić information content (AvgIpc) is 3.07. The Kier molecular flexibility index (Phi) is 5.28. The molecule has 1 atom stereocenters. The van der Waals surface area contributed by atoms with Crippen LogP contribution in [0.3, 0.4) is 0 Å². The van der Waals surface area contributed by atoms with Crippen LogP contribution in [0.15, 0.2) is 24.3 Å². The Hall–Kier alpha value is -2.74. The van der Waals surface area contributed by atoms with E-state index in [1.165, 1.54) is 18.9 Å². The Morgan fingerprint density at radius 2 is 1.97 bits per heavy atom. The number of hydrogen-bond acceptors (Lipinski definition) is 5. The van der Waals surface area contributed by atoms with Gasteiger partial charge in [-0.05, 0) is 61.3 Å². The molecule has 3 aliphatic rings. The number of hydrogen-bond donors (Lipinski definition) is 2. The molecule has 0 unspecified atom stereocenters. The monoisotopic (exact) mass is 456 g/mol. The van der Waals surface area contributed by atoms with Crippen molar-refractivity contribution in [2.45, 2.75) is 32.6 Å². The van der Waals surface area contributed by atoms with Crippen LogP contribution in [0.4, 0.5) is 20.2 Å². The van der Waals surface area contributed by atoms with Gasteiger partial charge in [0.15, 0.2) is 0 Å². The Morgan fingerprint density at radius 1 is 1.25 bits per heavy atom. The first-order valence-corrected chi connectivity index (χ1v) is 11.8. The highest BCUT2D eigenvalue weighted by atomic mass is 32.1. The number of halogens is 2. The van der Waals surface area contributed by atoms with Crippen LogP contribution in [0, 0.1) is 30.4 Å². The Bertz CT molecular complexity index is 1190. The molecule has 2 aliphatic heterocycles. The van der Waals surface area contributed by atoms with Gasteiger partial charge in [-0.25, -0.2) is 13.8 Å². The first-order chi connectivity index (χ1) is 15.3. The highest BCUT2D eigenvalue weighted by Crippen LogP contribution is 2.41. The average molecular weight is 457 g/mol. The van der Waals surface area contributed by atoms with Crippen molar-refractivity contribution in [3.63, 3.8) is 0 Å². The van der Waals surface area contributed by atoms with Crippen molar-refractivity contribution >= 4 is 38.8 Å². The molecule has 4 heterocycles. The van der Waals surface area contributed by atoms with E-state index in [9.17, 15) is 13.6 Å². The number of rotatable bonds is 5. The van der Waals surface area contributed by atoms with Crippen LogP contribution in [0.5, 0.6) is 0 Å². The van der Waals surface area contributed by atoms with Gasteiger partial charge >= 0.3 is 0 Å². The molecular formula is C24H26F2N4OS. The van der Waals surface area contributed by atoms with E-state index in [1.54, 1.807) is 13.0 Å². The zero-order chi connectivity index (χ0) is 22.6. The standard InChI is InChI=1S/C24H26F2N4OS/c1-12(16-3-4-20(19(26)7-16)30-10-14-5-15(6-14)11-30)9-28-23(31)22-21(27)17-8-18(25)13(2)29-24(17)32-22/h3-4,7-8,12,14-15H,5-6,9-11,27H2,1-2H3,(H,28,31)/t12-,14?,15?/m1/s1. The van der Waals surface area contributed by atoms with Crippen molar-refractivity contribution in [3.05, 3.63) is 52.0 Å². The predicted octanol–water partition coefficient (Wildman–Crippen LogP) is 4.84. The van der Waals surface area contributed by atoms with Gasteiger partial charge < -0.3 is 16.0 Å². The molecule has 168 valence electrons. The number of aromatic nitrogens is 1. The van der Waals surface area contributed by atoms with Crippen LogP contribution in [-0.4, -0.2) is 30.5 Å². The lowest BCUT2D eigenvalue weighted by Crippen LogP contribution is -2.48. The second-order valence-corrected chi connectivity index (χ2v) is 10.2. The summed E-state index contributed by atoms with van der Waals surface area (Å²) < 4.78 is 28.7. The van der Waals surface area contributed by atoms with Crippen molar-refractivity contribution in [1.29, 1.82) is 0 Å². The second kappa shape index (κ2) is 7.99. The molecule has 2 bridgehead atoms. The highest BCUT2D eigenvalue weighted by Gasteiger charge is 2.37. The molecule has 3 aromatic rings. The largest absolute Gasteiger partial charge is 0.397 e. The van der Waals surface area contributed by atoms with Gasteiger partial charge in [-0.15, -0.1) is 11.3 Å². The topological polar surface area (TPSA) is 71.2 Å². The molecule has 6 rings (SSSR count). The number of carbonyl (C=O) groups excluding carboxylic acids is 1. The van der Waals surface area contributed by atoms with Crippen LogP contribution in [-0.2, 0) is 0 Å². The number of amides is 1. The number of benzene rings is 1. The van der Waals surface area contributed by atoms with Gasteiger partial charge in [0.25, 0.3) is 5.91 Å². The first kappa shape index (κ1) is 21.1. The van der Waals surface area contributed by atoms with E-state index in [1.807, 2.05) is 19.1 Å². The third-order valence-electron chi connectivity index (χ3n) is 6.80. The number of anilines is 2. The predicted molar refractivity (Wildman–Crippen MR) is 124 cm³/mol. The fourth-order valence-electron chi connectivity index (χ4n) is 4.87. The molecule has 0 spiro atoms. The van der Waals surface area contributed by atoms with Crippen molar-refractivity contribution < 1.29 is 13.6 Å². The molecule has 3 N–H and O–H groups in total. The Morgan fingerprint density at radius 3 is 2.66 bits per heavy atom. The van der Waals surface area contributed by atoms with Gasteiger partial charge in [0.2, 0.25) is 0 Å². The van der Waals surface area contributed by atoms with Crippen LogP contribution < -0.4 is 16.0 Å². The lowest BCUT2D eigenvalue weighted by molar-refractivity contribution is 0.0956. The molecule has 1 saturated carbocycles. The Labute approximate surface area is 189 Å². The number of nitrogens with zero attached hydrogens (tertiary/aromatic N) is 2. The van der Waals surface area contributed by atoms with Crippen molar-refractivity contribution in [2.75, 3.05) is 30.3 Å². The summed E-state index contributed by atoms with van der Waals surface area (Å²) in [6.45, 7) is 5.73. The molecule has 2 saturated heterocycles. The van der Waals surface area contributed by atoms with E-state index in [4.69, 9.17) is 5.73 Å². The number of aryl methyl sites for hydroxylation is 1. The summed E-state index contributed by atoms with van der Waals surface area (Å²) in [6.07, 6.45) is 2.56. The molecule has 1 aliphatic carbocycles. The van der Waals surface area contributed by atoms with Crippen LogP contribution in [0.1, 0.15) is 46.6 Å². The van der Waals surface area contributed by atoms with Crippen molar-refractivity contribution in [2.24, 2.45) is 11.8 Å². The number of pyridine rings is 1. The number of carbonyl (C=O) groups is 1. The van der Waals surface area contributed by atoms with Gasteiger partial charge in [-0.1, -0.05) is 13.0 Å². The zero-order valence-corrected chi connectivity index (χ0v) is 18.9. The summed E-state index contributed by atoms with van der Waals surface area (Å²) in [5.74, 6) is 0.345. The maximum atomic E-state index is 14.9. The fourth-order valence-corrected chi connectivity index (χ4v) is 5.91. The maximum absolute atomic E-state index is 14.9. The zero-order valence-electron chi connectivity index (χ0n) is 18.1. The molecular weight excluding hydrogens is 430 g/mol. The highest BCUT2D eigenvalue weighted by molar-refractivity contribution is 7.21. The SMILES string of the molecule is Cc1nc2sc(C(=O)NC[C@@H](C)c3ccc(N4CC5CC(C5)C4)c(F)c3)c(N)c2cc1F. The van der Waals surface area contributed by atoms with Gasteiger partial charge in [-0.2, -0.15) is 0 Å². The lowest BCUT2D eigenvalue weighted by atomic mass is 9.71. The van der Waals surface area contributed by atoms with Crippen molar-refractivity contribution in [1.82, 2.24) is 10.3 Å². The van der Waals surface area contributed by atoms with E-state index in [2.05, 4.69) is 15.2 Å². The maximum Gasteiger partial charge on any atom is 0.263 e. The van der Waals surface area contributed by atoms with E-state index < -0.39 is 5.82 Å². The molecule has 32 heavy (non-hydrogen) atoms. The van der Waals surface area contributed by atoms with Crippen molar-refractivity contribution in [3.8, 4) is 0 Å². The van der Waals surface area contributed by atoms with Crippen LogP contribution in [0.25, 0.3) is 10.2 Å². The first-order valence-electron chi connectivity index (χ1n) is 11.0. The van der Waals surface area contributed by atoms with E-state index in [0.717, 1.165) is 30.0 Å². The van der Waals surface area contributed by atoms with Gasteiger partial charge in [0.05, 0.1) is 17.1 Å². The molecule has 0 radical (unpaired) electrons. The summed E-state index contributed by atoms with van der Waals surface area (Å²) in [5.41, 5.74) is 8.09. The number of nitrogens with one attached hydrogen (secondary N) is 1. The van der Waals surface area contributed by atoms with Gasteiger partial charge in [-0.3, -0.25) is 4.79 Å². The minimum Gasteiger partial charge on any atom is -0.397 e. The third-order valence-corrected chi connectivity index (χ3v) is 7.91. The van der Waals surface area contributed by atoms with E-state index in [-0.39, 0.29) is 29.0 Å². The molecule has 1 aromatic carbocycles. The quantitative estimate of drug-likeness (QED) is 0.576. The molecule has 2 aromatic heterocycles. The summed E-state index contributed by atoms with van der Waals surface area (Å²) >= 11 is 1.15. The van der Waals surface area contributed by atoms with Crippen LogP contribution in [0.2, 0.25) is 0 Å². The summed E-state index contributed by atoms with van der Waals surface area (Å²) in [6, 6.07) is 6.70. The van der Waals surface area contributed by atoms with Gasteiger partial charge in [0, 0.05) is 25.0 Å². The normalized spacial score (nSPS) is 20.8. The number of nitrogen functional groups attached to an aromatic ring is 1. The smallest absolute Gasteiger partial charge is 0.263 e. The minimum atomic E-state index is -0.449. The molecule has 8 heteroatoms. The summed E-state index contributed by atoms with van der Waals surface area (Å²) in [7, 11) is 0. The van der Waals surface area contributed by atoms with Gasteiger partial charge in [0.1, 0.15) is 21.3 Å². The molecule has 3 fully saturated rings. The number of fused-ring (bicyclic) bond motifs is 3. The molecule has 5 nitrogen and oxygen atoms in total. The number of nitrogens with two attached hydrogens (primary N) is 1. The third kappa shape index (κ3) is 3.70. The lowest BCUT2D eigenvalue weighted by Gasteiger charge is -2.48. The van der Waals surface area contributed by atoms with E-state index >= 15 is 0 Å². The summed E-state index contributed by atoms with van der Waals surface area (Å²) in [4.78, 5) is 19.9. The number of piperidine rings is 2. The van der Waals surface area contributed by atoms with E-state index in [0.29, 0.717) is 39.2 Å². The number of thiophene rings is 1. The molecule has 1 amide bonds.